The van der Waals surface area contributed by atoms with E-state index in [2.05, 4.69) is 10.6 Å². The van der Waals surface area contributed by atoms with Crippen molar-refractivity contribution >= 4 is 17.8 Å². The summed E-state index contributed by atoms with van der Waals surface area (Å²) in [6.07, 6.45) is 1.53. The monoisotopic (exact) mass is 424 g/mol. The number of likely N-dealkylation sites (N-methyl/N-ethyl adjacent to an activating group) is 1. The van der Waals surface area contributed by atoms with Crippen molar-refractivity contribution < 1.29 is 23.5 Å². The zero-order valence-electron chi connectivity index (χ0n) is 17.5. The summed E-state index contributed by atoms with van der Waals surface area (Å²) in [5.74, 6) is 0.731. The molecule has 0 radical (unpaired) electrons. The smallest absolute Gasteiger partial charge is 0.322 e. The van der Waals surface area contributed by atoms with Gasteiger partial charge in [0, 0.05) is 7.05 Å². The Hall–Kier alpha value is -3.75. The predicted molar refractivity (Wildman–Crippen MR) is 111 cm³/mol. The van der Waals surface area contributed by atoms with Crippen LogP contribution in [0.4, 0.5) is 4.79 Å². The van der Waals surface area contributed by atoms with Crippen LogP contribution in [0, 0.1) is 0 Å². The fourth-order valence-corrected chi connectivity index (χ4v) is 3.82. The largest absolute Gasteiger partial charge is 0.497 e. The van der Waals surface area contributed by atoms with Crippen molar-refractivity contribution in [1.29, 1.82) is 0 Å². The minimum absolute atomic E-state index is 0.181. The number of amides is 4. The maximum Gasteiger partial charge on any atom is 0.322 e. The first-order valence-electron chi connectivity index (χ1n) is 9.93. The van der Waals surface area contributed by atoms with Crippen molar-refractivity contribution in [2.45, 2.75) is 25.6 Å². The Balaban J connectivity index is 1.55. The van der Waals surface area contributed by atoms with Gasteiger partial charge < -0.3 is 24.7 Å². The van der Waals surface area contributed by atoms with Crippen LogP contribution in [0.25, 0.3) is 0 Å². The highest BCUT2D eigenvalue weighted by Gasteiger charge is 2.45. The lowest BCUT2D eigenvalue weighted by Gasteiger charge is -2.31. The van der Waals surface area contributed by atoms with Gasteiger partial charge in [-0.15, -0.1) is 0 Å². The molecule has 0 bridgehead atoms. The Morgan fingerprint density at radius 2 is 2.03 bits per heavy atom. The van der Waals surface area contributed by atoms with Crippen LogP contribution in [-0.2, 0) is 16.1 Å². The standard InChI is InChI=1S/C22H24N4O5/c1-13(20(27)23-11-16-5-4-10-31-16)26-12-17-18(21(26)28)19(24-22(29)25(17)2)14-6-8-15(30-3)9-7-14/h4-10,13,19H,11-12H2,1-3H3,(H,23,27)(H,24,29). The molecule has 4 amide bonds. The van der Waals surface area contributed by atoms with E-state index in [9.17, 15) is 14.4 Å². The van der Waals surface area contributed by atoms with Crippen LogP contribution in [0.3, 0.4) is 0 Å². The number of hydrogen-bond acceptors (Lipinski definition) is 5. The van der Waals surface area contributed by atoms with Gasteiger partial charge >= 0.3 is 6.03 Å². The average molecular weight is 424 g/mol. The van der Waals surface area contributed by atoms with E-state index in [1.165, 1.54) is 16.1 Å². The molecular formula is C22H24N4O5. The summed E-state index contributed by atoms with van der Waals surface area (Å²) < 4.78 is 10.4. The summed E-state index contributed by atoms with van der Waals surface area (Å²) in [7, 11) is 3.19. The number of nitrogens with one attached hydrogen (secondary N) is 2. The number of carbonyl (C=O) groups is 3. The molecule has 0 spiro atoms. The second kappa shape index (κ2) is 8.17. The van der Waals surface area contributed by atoms with E-state index in [1.54, 1.807) is 45.3 Å². The molecule has 2 unspecified atom stereocenters. The molecule has 2 aromatic rings. The maximum absolute atomic E-state index is 13.3. The molecular weight excluding hydrogens is 400 g/mol. The third kappa shape index (κ3) is 3.74. The number of furan rings is 1. The van der Waals surface area contributed by atoms with Gasteiger partial charge in [0.25, 0.3) is 5.91 Å². The molecule has 0 saturated heterocycles. The van der Waals surface area contributed by atoms with Crippen LogP contribution in [0.15, 0.2) is 58.3 Å². The van der Waals surface area contributed by atoms with Gasteiger partial charge in [0.05, 0.1) is 43.8 Å². The van der Waals surface area contributed by atoms with Crippen LogP contribution in [0.1, 0.15) is 24.3 Å². The molecule has 3 heterocycles. The Labute approximate surface area is 179 Å². The van der Waals surface area contributed by atoms with E-state index in [0.29, 0.717) is 22.8 Å². The van der Waals surface area contributed by atoms with E-state index in [1.807, 2.05) is 12.1 Å². The lowest BCUT2D eigenvalue weighted by molar-refractivity contribution is -0.135. The second-order valence-electron chi connectivity index (χ2n) is 7.48. The van der Waals surface area contributed by atoms with Crippen molar-refractivity contribution in [3.8, 4) is 5.75 Å². The number of carbonyl (C=O) groups excluding carboxylic acids is 3. The fourth-order valence-electron chi connectivity index (χ4n) is 3.82. The van der Waals surface area contributed by atoms with Crippen LogP contribution in [0.2, 0.25) is 0 Å². The summed E-state index contributed by atoms with van der Waals surface area (Å²) in [4.78, 5) is 41.5. The van der Waals surface area contributed by atoms with E-state index in [0.717, 1.165) is 5.56 Å². The van der Waals surface area contributed by atoms with Crippen LogP contribution in [0.5, 0.6) is 5.75 Å². The summed E-state index contributed by atoms with van der Waals surface area (Å²) in [6.45, 7) is 2.09. The highest BCUT2D eigenvalue weighted by Crippen LogP contribution is 2.36. The molecule has 2 aliphatic heterocycles. The number of hydrogen-bond donors (Lipinski definition) is 2. The van der Waals surface area contributed by atoms with Gasteiger partial charge in [-0.1, -0.05) is 12.1 Å². The lowest BCUT2D eigenvalue weighted by atomic mass is 9.95. The van der Waals surface area contributed by atoms with Crippen molar-refractivity contribution in [3.05, 3.63) is 65.3 Å². The van der Waals surface area contributed by atoms with Gasteiger partial charge in [-0.25, -0.2) is 4.79 Å². The summed E-state index contributed by atoms with van der Waals surface area (Å²) in [5.41, 5.74) is 1.83. The molecule has 1 aromatic carbocycles. The molecule has 2 atom stereocenters. The molecule has 2 aliphatic rings. The lowest BCUT2D eigenvalue weighted by Crippen LogP contribution is -2.46. The number of ether oxygens (including phenoxy) is 1. The molecule has 162 valence electrons. The molecule has 9 nitrogen and oxygen atoms in total. The normalized spacial score (nSPS) is 19.3. The molecule has 31 heavy (non-hydrogen) atoms. The van der Waals surface area contributed by atoms with Gasteiger partial charge in [0.2, 0.25) is 5.91 Å². The Morgan fingerprint density at radius 1 is 1.29 bits per heavy atom. The van der Waals surface area contributed by atoms with Crippen LogP contribution in [-0.4, -0.2) is 54.4 Å². The number of benzene rings is 1. The second-order valence-corrected chi connectivity index (χ2v) is 7.48. The van der Waals surface area contributed by atoms with E-state index in [-0.39, 0.29) is 30.9 Å². The molecule has 0 fully saturated rings. The zero-order valence-corrected chi connectivity index (χ0v) is 17.5. The van der Waals surface area contributed by atoms with Crippen LogP contribution >= 0.6 is 0 Å². The molecule has 9 heteroatoms. The molecule has 2 N–H and O–H groups in total. The first-order valence-corrected chi connectivity index (χ1v) is 9.93. The zero-order chi connectivity index (χ0) is 22.1. The predicted octanol–water partition coefficient (Wildman–Crippen LogP) is 1.79. The topological polar surface area (TPSA) is 104 Å². The summed E-state index contributed by atoms with van der Waals surface area (Å²) >= 11 is 0. The third-order valence-electron chi connectivity index (χ3n) is 5.70. The van der Waals surface area contributed by atoms with Crippen LogP contribution < -0.4 is 15.4 Å². The molecule has 0 aliphatic carbocycles. The quantitative estimate of drug-likeness (QED) is 0.736. The highest BCUT2D eigenvalue weighted by atomic mass is 16.5. The van der Waals surface area contributed by atoms with Crippen molar-refractivity contribution in [1.82, 2.24) is 20.4 Å². The van der Waals surface area contributed by atoms with Crippen molar-refractivity contribution in [2.75, 3.05) is 20.7 Å². The average Bonchev–Trinajstić information content (AvgIpc) is 3.42. The fraction of sp³-hybridized carbons (Fsp3) is 0.318. The Morgan fingerprint density at radius 3 is 2.68 bits per heavy atom. The number of methoxy groups -OCH3 is 1. The first kappa shape index (κ1) is 20.5. The Bertz CT molecular complexity index is 1030. The number of nitrogens with zero attached hydrogens (tertiary/aromatic N) is 2. The summed E-state index contributed by atoms with van der Waals surface area (Å²) in [6, 6.07) is 9.08. The number of rotatable bonds is 6. The Kier molecular flexibility index (Phi) is 5.41. The van der Waals surface area contributed by atoms with E-state index in [4.69, 9.17) is 9.15 Å². The molecule has 0 saturated carbocycles. The van der Waals surface area contributed by atoms with E-state index >= 15 is 0 Å². The minimum atomic E-state index is -0.715. The third-order valence-corrected chi connectivity index (χ3v) is 5.70. The molecule has 1 aromatic heterocycles. The number of urea groups is 1. The van der Waals surface area contributed by atoms with E-state index < -0.39 is 12.1 Å². The van der Waals surface area contributed by atoms with Gasteiger partial charge in [-0.05, 0) is 36.8 Å². The van der Waals surface area contributed by atoms with Gasteiger partial charge in [0.15, 0.2) is 0 Å². The van der Waals surface area contributed by atoms with Crippen molar-refractivity contribution in [3.63, 3.8) is 0 Å². The maximum atomic E-state index is 13.3. The van der Waals surface area contributed by atoms with Gasteiger partial charge in [0.1, 0.15) is 17.6 Å². The minimum Gasteiger partial charge on any atom is -0.497 e. The van der Waals surface area contributed by atoms with Gasteiger partial charge in [-0.2, -0.15) is 0 Å². The summed E-state index contributed by atoms with van der Waals surface area (Å²) in [5, 5.41) is 5.67. The van der Waals surface area contributed by atoms with Gasteiger partial charge in [-0.3, -0.25) is 14.5 Å². The highest BCUT2D eigenvalue weighted by molar-refractivity contribution is 6.03. The van der Waals surface area contributed by atoms with Crippen molar-refractivity contribution in [2.24, 2.45) is 0 Å². The first-order chi connectivity index (χ1) is 14.9. The SMILES string of the molecule is COc1ccc(C2NC(=O)N(C)C3=C2C(=O)N(C(C)C(=O)NCc2ccco2)C3)cc1. The molecule has 4 rings (SSSR count).